The molecule has 7 heteroatoms. The first-order valence-corrected chi connectivity index (χ1v) is 8.47. The summed E-state index contributed by atoms with van der Waals surface area (Å²) in [4.78, 5) is 0.119. The van der Waals surface area contributed by atoms with Crippen molar-refractivity contribution in [3.05, 3.63) is 53.6 Å². The Morgan fingerprint density at radius 2 is 1.82 bits per heavy atom. The molecule has 0 atom stereocenters. The smallest absolute Gasteiger partial charge is 0.283 e. The van der Waals surface area contributed by atoms with Crippen molar-refractivity contribution in [2.75, 3.05) is 6.61 Å². The van der Waals surface area contributed by atoms with E-state index >= 15 is 0 Å². The molecule has 0 N–H and O–H groups in total. The first-order valence-electron chi connectivity index (χ1n) is 6.65. The van der Waals surface area contributed by atoms with Crippen LogP contribution in [0.3, 0.4) is 0 Å². The van der Waals surface area contributed by atoms with Crippen molar-refractivity contribution >= 4 is 32.5 Å². The molecule has 0 aliphatic rings. The maximum absolute atomic E-state index is 12.8. The van der Waals surface area contributed by atoms with Crippen LogP contribution in [0.1, 0.15) is 6.92 Å². The number of hydrogen-bond donors (Lipinski definition) is 0. The molecule has 0 aliphatic heterocycles. The van der Waals surface area contributed by atoms with E-state index < -0.39 is 10.0 Å². The van der Waals surface area contributed by atoms with Gasteiger partial charge in [-0.3, -0.25) is 0 Å². The molecule has 0 fully saturated rings. The highest BCUT2D eigenvalue weighted by atomic mass is 35.5. The van der Waals surface area contributed by atoms with Gasteiger partial charge in [0, 0.05) is 5.02 Å². The lowest BCUT2D eigenvalue weighted by molar-refractivity contribution is 0.328. The van der Waals surface area contributed by atoms with E-state index in [0.717, 1.165) is 4.09 Å². The lowest BCUT2D eigenvalue weighted by atomic mass is 10.2. The highest BCUT2D eigenvalue weighted by Gasteiger charge is 2.23. The van der Waals surface area contributed by atoms with Crippen molar-refractivity contribution in [1.82, 2.24) is 9.19 Å². The van der Waals surface area contributed by atoms with Gasteiger partial charge in [0.15, 0.2) is 0 Å². The molecule has 1 aromatic heterocycles. The van der Waals surface area contributed by atoms with Gasteiger partial charge in [0.2, 0.25) is 5.88 Å². The van der Waals surface area contributed by atoms with Crippen molar-refractivity contribution < 1.29 is 13.2 Å². The molecule has 3 aromatic rings. The fraction of sp³-hybridized carbons (Fsp3) is 0.133. The third kappa shape index (κ3) is 2.44. The van der Waals surface area contributed by atoms with Crippen LogP contribution in [0, 0.1) is 0 Å². The molecule has 0 amide bonds. The minimum atomic E-state index is -3.81. The van der Waals surface area contributed by atoms with Crippen LogP contribution in [0.5, 0.6) is 5.88 Å². The summed E-state index contributed by atoms with van der Waals surface area (Å²) >= 11 is 5.81. The quantitative estimate of drug-likeness (QED) is 0.733. The summed E-state index contributed by atoms with van der Waals surface area (Å²) in [7, 11) is -3.81. The average molecular weight is 337 g/mol. The third-order valence-electron chi connectivity index (χ3n) is 3.14. The third-order valence-corrected chi connectivity index (χ3v) is 5.00. The number of aromatic nitrogens is 2. The number of fused-ring (bicyclic) bond motifs is 1. The van der Waals surface area contributed by atoms with E-state index in [9.17, 15) is 8.42 Å². The van der Waals surface area contributed by atoms with Crippen molar-refractivity contribution in [3.8, 4) is 5.88 Å². The van der Waals surface area contributed by atoms with Gasteiger partial charge in [0.1, 0.15) is 0 Å². The molecular formula is C15H13ClN2O3S. The van der Waals surface area contributed by atoms with Crippen LogP contribution in [0.2, 0.25) is 5.02 Å². The number of halogens is 1. The van der Waals surface area contributed by atoms with Crippen LogP contribution in [0.4, 0.5) is 0 Å². The minimum absolute atomic E-state index is 0.119. The van der Waals surface area contributed by atoms with E-state index in [1.54, 1.807) is 18.2 Å². The first kappa shape index (κ1) is 14.9. The molecule has 22 heavy (non-hydrogen) atoms. The topological polar surface area (TPSA) is 61.2 Å². The number of hydrogen-bond acceptors (Lipinski definition) is 4. The van der Waals surface area contributed by atoms with Gasteiger partial charge in [-0.2, -0.15) is 8.42 Å². The molecule has 0 saturated carbocycles. The van der Waals surface area contributed by atoms with Gasteiger partial charge >= 0.3 is 0 Å². The predicted octanol–water partition coefficient (Wildman–Crippen LogP) is 3.33. The number of para-hydroxylation sites is 1. The molecule has 0 saturated heterocycles. The zero-order chi connectivity index (χ0) is 15.7. The van der Waals surface area contributed by atoms with E-state index in [4.69, 9.17) is 16.3 Å². The molecule has 0 bridgehead atoms. The summed E-state index contributed by atoms with van der Waals surface area (Å²) in [5.74, 6) is 0.302. The van der Waals surface area contributed by atoms with E-state index in [-0.39, 0.29) is 4.90 Å². The van der Waals surface area contributed by atoms with Gasteiger partial charge in [-0.1, -0.05) is 23.7 Å². The summed E-state index contributed by atoms with van der Waals surface area (Å²) in [6.07, 6.45) is 0. The van der Waals surface area contributed by atoms with E-state index in [1.165, 1.54) is 24.3 Å². The first-order chi connectivity index (χ1) is 10.5. The van der Waals surface area contributed by atoms with Crippen LogP contribution < -0.4 is 4.74 Å². The second-order valence-electron chi connectivity index (χ2n) is 4.56. The summed E-state index contributed by atoms with van der Waals surface area (Å²) < 4.78 is 32.0. The maximum atomic E-state index is 12.8. The Kier molecular flexibility index (Phi) is 3.80. The van der Waals surface area contributed by atoms with Gasteiger partial charge < -0.3 is 4.74 Å². The molecule has 0 spiro atoms. The Hall–Kier alpha value is -2.05. The monoisotopic (exact) mass is 336 g/mol. The second-order valence-corrected chi connectivity index (χ2v) is 6.76. The number of ether oxygens (including phenoxy) is 1. The molecule has 0 unspecified atom stereocenters. The molecule has 1 heterocycles. The molecule has 0 aliphatic carbocycles. The van der Waals surface area contributed by atoms with Crippen molar-refractivity contribution in [2.24, 2.45) is 0 Å². The Morgan fingerprint density at radius 3 is 2.50 bits per heavy atom. The molecule has 0 radical (unpaired) electrons. The van der Waals surface area contributed by atoms with Crippen molar-refractivity contribution in [1.29, 1.82) is 0 Å². The minimum Gasteiger partial charge on any atom is -0.476 e. The number of nitrogens with zero attached hydrogens (tertiary/aromatic N) is 2. The van der Waals surface area contributed by atoms with Crippen molar-refractivity contribution in [3.63, 3.8) is 0 Å². The lowest BCUT2D eigenvalue weighted by Gasteiger charge is -2.05. The molecule has 114 valence electrons. The fourth-order valence-electron chi connectivity index (χ4n) is 2.14. The normalized spacial score (nSPS) is 11.7. The van der Waals surface area contributed by atoms with Gasteiger partial charge in [-0.15, -0.1) is 9.19 Å². The fourth-order valence-corrected chi connectivity index (χ4v) is 3.55. The zero-order valence-corrected chi connectivity index (χ0v) is 13.3. The second kappa shape index (κ2) is 5.62. The summed E-state index contributed by atoms with van der Waals surface area (Å²) in [5, 5.41) is 5.25. The van der Waals surface area contributed by atoms with Crippen LogP contribution in [0.25, 0.3) is 10.9 Å². The molecule has 5 nitrogen and oxygen atoms in total. The Labute approximate surface area is 133 Å². The molecular weight excluding hydrogens is 324 g/mol. The SMILES string of the molecule is CCOc1nn(S(=O)(=O)c2ccc(Cl)cc2)c2ccccc12. The Balaban J connectivity index is 2.23. The largest absolute Gasteiger partial charge is 0.476 e. The molecule has 2 aromatic carbocycles. The predicted molar refractivity (Wildman–Crippen MR) is 84.9 cm³/mol. The number of rotatable bonds is 4. The van der Waals surface area contributed by atoms with Crippen molar-refractivity contribution in [2.45, 2.75) is 11.8 Å². The standard InChI is InChI=1S/C15H13ClN2O3S/c1-2-21-15-13-5-3-4-6-14(13)18(17-15)22(19,20)12-9-7-11(16)8-10-12/h3-10H,2H2,1H3. The van der Waals surface area contributed by atoms with E-state index in [1.807, 2.05) is 13.0 Å². The number of benzene rings is 2. The summed E-state index contributed by atoms with van der Waals surface area (Å²) in [6.45, 7) is 2.23. The molecule has 3 rings (SSSR count). The maximum Gasteiger partial charge on any atom is 0.283 e. The van der Waals surface area contributed by atoms with Crippen LogP contribution >= 0.6 is 11.6 Å². The van der Waals surface area contributed by atoms with Crippen LogP contribution in [-0.4, -0.2) is 24.2 Å². The summed E-state index contributed by atoms with van der Waals surface area (Å²) in [5.41, 5.74) is 0.473. The Bertz CT molecular complexity index is 918. The van der Waals surface area contributed by atoms with E-state index in [2.05, 4.69) is 5.10 Å². The van der Waals surface area contributed by atoms with Crippen LogP contribution in [0.15, 0.2) is 53.4 Å². The lowest BCUT2D eigenvalue weighted by Crippen LogP contribution is -2.14. The van der Waals surface area contributed by atoms with Gasteiger partial charge in [0.25, 0.3) is 10.0 Å². The van der Waals surface area contributed by atoms with Gasteiger partial charge in [0.05, 0.1) is 22.4 Å². The van der Waals surface area contributed by atoms with Gasteiger partial charge in [-0.25, -0.2) is 0 Å². The average Bonchev–Trinajstić information content (AvgIpc) is 2.88. The summed E-state index contributed by atoms with van der Waals surface area (Å²) in [6, 6.07) is 13.0. The highest BCUT2D eigenvalue weighted by Crippen LogP contribution is 2.28. The van der Waals surface area contributed by atoms with Crippen LogP contribution in [-0.2, 0) is 10.0 Å². The Morgan fingerprint density at radius 1 is 1.14 bits per heavy atom. The highest BCUT2D eigenvalue weighted by molar-refractivity contribution is 7.90. The zero-order valence-electron chi connectivity index (χ0n) is 11.7. The van der Waals surface area contributed by atoms with Gasteiger partial charge in [-0.05, 0) is 43.3 Å². The van der Waals surface area contributed by atoms with E-state index in [0.29, 0.717) is 28.4 Å².